The van der Waals surface area contributed by atoms with E-state index < -0.39 is 5.97 Å². The summed E-state index contributed by atoms with van der Waals surface area (Å²) in [5.41, 5.74) is 0.586. The van der Waals surface area contributed by atoms with Crippen LogP contribution in [0.4, 0.5) is 0 Å². The molecule has 0 amide bonds. The van der Waals surface area contributed by atoms with E-state index in [2.05, 4.69) is 10.2 Å². The number of pyridine rings is 1. The van der Waals surface area contributed by atoms with Crippen molar-refractivity contribution in [3.63, 3.8) is 0 Å². The van der Waals surface area contributed by atoms with Crippen molar-refractivity contribution in [2.75, 3.05) is 0 Å². The minimum Gasteiger partial charge on any atom is -0.478 e. The molecule has 3 aromatic heterocycles. The second kappa shape index (κ2) is 4.64. The maximum atomic E-state index is 11.0. The first-order chi connectivity index (χ1) is 9.15. The smallest absolute Gasteiger partial charge is 0.337 e. The lowest BCUT2D eigenvalue weighted by atomic mass is 10.2. The molecular weight excluding hydrogens is 286 g/mol. The Bertz CT molecular complexity index is 752. The molecule has 0 aromatic carbocycles. The molecule has 3 heterocycles. The van der Waals surface area contributed by atoms with E-state index in [0.29, 0.717) is 17.9 Å². The van der Waals surface area contributed by atoms with Crippen LogP contribution in [0.1, 0.15) is 21.1 Å². The molecule has 5 nitrogen and oxygen atoms in total. The molecule has 1 N–H and O–H groups in total. The monoisotopic (exact) mass is 293 g/mol. The quantitative estimate of drug-likeness (QED) is 0.806. The summed E-state index contributed by atoms with van der Waals surface area (Å²) >= 11 is 7.63. The Balaban J connectivity index is 2.13. The Kier molecular flexibility index (Phi) is 2.96. The number of carboxylic acid groups (broad SMARTS) is 1. The summed E-state index contributed by atoms with van der Waals surface area (Å²) in [7, 11) is 0. The van der Waals surface area contributed by atoms with Gasteiger partial charge in [0.15, 0.2) is 5.65 Å². The average Bonchev–Trinajstić information content (AvgIpc) is 3.00. The molecule has 19 heavy (non-hydrogen) atoms. The molecule has 3 aromatic rings. The highest BCUT2D eigenvalue weighted by Crippen LogP contribution is 2.21. The summed E-state index contributed by atoms with van der Waals surface area (Å²) in [5, 5.41) is 19.4. The fourth-order valence-electron chi connectivity index (χ4n) is 1.81. The molecule has 0 spiro atoms. The van der Waals surface area contributed by atoms with Gasteiger partial charge in [-0.05, 0) is 17.5 Å². The number of nitrogens with zero attached hydrogens (tertiary/aromatic N) is 3. The van der Waals surface area contributed by atoms with Gasteiger partial charge in [-0.3, -0.25) is 4.40 Å². The number of hydrogen-bond donors (Lipinski definition) is 1. The third-order valence-corrected chi connectivity index (χ3v) is 3.84. The largest absolute Gasteiger partial charge is 0.478 e. The van der Waals surface area contributed by atoms with Crippen molar-refractivity contribution >= 4 is 34.6 Å². The molecule has 0 aliphatic rings. The summed E-state index contributed by atoms with van der Waals surface area (Å²) in [4.78, 5) is 12.2. The second-order valence-corrected chi connectivity index (χ2v) is 5.39. The highest BCUT2D eigenvalue weighted by Gasteiger charge is 2.13. The van der Waals surface area contributed by atoms with Crippen LogP contribution in [0, 0.1) is 0 Å². The highest BCUT2D eigenvalue weighted by atomic mass is 35.5. The van der Waals surface area contributed by atoms with E-state index in [1.54, 1.807) is 15.7 Å². The molecular formula is C12H8ClN3O2S. The van der Waals surface area contributed by atoms with Crippen LogP contribution in [0.25, 0.3) is 5.65 Å². The molecule has 96 valence electrons. The number of fused-ring (bicyclic) bond motifs is 1. The Hall–Kier alpha value is -1.92. The Morgan fingerprint density at radius 2 is 2.32 bits per heavy atom. The predicted molar refractivity (Wildman–Crippen MR) is 72.1 cm³/mol. The molecule has 7 heteroatoms. The van der Waals surface area contributed by atoms with Crippen molar-refractivity contribution in [1.82, 2.24) is 14.6 Å². The normalized spacial score (nSPS) is 11.0. The van der Waals surface area contributed by atoms with E-state index in [9.17, 15) is 4.79 Å². The summed E-state index contributed by atoms with van der Waals surface area (Å²) in [6.07, 6.45) is 2.09. The molecule has 3 rings (SSSR count). The van der Waals surface area contributed by atoms with Gasteiger partial charge in [-0.1, -0.05) is 17.7 Å². The van der Waals surface area contributed by atoms with Crippen LogP contribution in [-0.2, 0) is 6.42 Å². The Morgan fingerprint density at radius 1 is 1.47 bits per heavy atom. The highest BCUT2D eigenvalue weighted by molar-refractivity contribution is 7.09. The first kappa shape index (κ1) is 12.1. The SMILES string of the molecule is O=C(O)c1cc(Cl)c2nnc(Cc3cccs3)n2c1. The zero-order chi connectivity index (χ0) is 13.4. The topological polar surface area (TPSA) is 67.5 Å². The summed E-state index contributed by atoms with van der Waals surface area (Å²) in [6.45, 7) is 0. The third-order valence-electron chi connectivity index (χ3n) is 2.69. The number of thiophene rings is 1. The van der Waals surface area contributed by atoms with Crippen molar-refractivity contribution in [2.24, 2.45) is 0 Å². The van der Waals surface area contributed by atoms with E-state index in [-0.39, 0.29) is 10.6 Å². The van der Waals surface area contributed by atoms with Gasteiger partial charge in [-0.15, -0.1) is 21.5 Å². The van der Waals surface area contributed by atoms with Gasteiger partial charge in [-0.25, -0.2) is 4.79 Å². The van der Waals surface area contributed by atoms with Gasteiger partial charge in [0, 0.05) is 17.5 Å². The van der Waals surface area contributed by atoms with Gasteiger partial charge in [0.25, 0.3) is 0 Å². The molecule has 0 aliphatic heterocycles. The van der Waals surface area contributed by atoms with Crippen LogP contribution >= 0.6 is 22.9 Å². The lowest BCUT2D eigenvalue weighted by Crippen LogP contribution is -2.02. The van der Waals surface area contributed by atoms with Gasteiger partial charge in [0.05, 0.1) is 10.6 Å². The fourth-order valence-corrected chi connectivity index (χ4v) is 2.75. The molecule has 0 fully saturated rings. The maximum Gasteiger partial charge on any atom is 0.337 e. The molecule has 0 bridgehead atoms. The van der Waals surface area contributed by atoms with Gasteiger partial charge < -0.3 is 5.11 Å². The molecule has 0 saturated heterocycles. The molecule has 0 radical (unpaired) electrons. The van der Waals surface area contributed by atoms with Crippen LogP contribution in [0.3, 0.4) is 0 Å². The number of halogens is 1. The lowest BCUT2D eigenvalue weighted by Gasteiger charge is -2.02. The molecule has 0 aliphatic carbocycles. The number of carboxylic acids is 1. The third kappa shape index (κ3) is 2.20. The minimum atomic E-state index is -1.03. The van der Waals surface area contributed by atoms with Crippen LogP contribution in [0.2, 0.25) is 5.02 Å². The van der Waals surface area contributed by atoms with E-state index in [0.717, 1.165) is 4.88 Å². The average molecular weight is 294 g/mol. The number of aromatic nitrogens is 3. The number of rotatable bonds is 3. The molecule has 0 unspecified atom stereocenters. The summed E-state index contributed by atoms with van der Waals surface area (Å²) in [6, 6.07) is 5.33. The van der Waals surface area contributed by atoms with Crippen molar-refractivity contribution in [3.8, 4) is 0 Å². The number of aromatic carboxylic acids is 1. The van der Waals surface area contributed by atoms with Crippen LogP contribution in [0.5, 0.6) is 0 Å². The second-order valence-electron chi connectivity index (χ2n) is 3.95. The predicted octanol–water partition coefficient (Wildman–Crippen LogP) is 2.73. The van der Waals surface area contributed by atoms with Crippen molar-refractivity contribution in [3.05, 3.63) is 51.1 Å². The van der Waals surface area contributed by atoms with Gasteiger partial charge in [0.1, 0.15) is 5.82 Å². The first-order valence-electron chi connectivity index (χ1n) is 5.44. The Labute approximate surface area is 117 Å². The summed E-state index contributed by atoms with van der Waals surface area (Å²) < 4.78 is 1.63. The zero-order valence-electron chi connectivity index (χ0n) is 9.58. The van der Waals surface area contributed by atoms with E-state index in [1.165, 1.54) is 12.3 Å². The van der Waals surface area contributed by atoms with E-state index >= 15 is 0 Å². The summed E-state index contributed by atoms with van der Waals surface area (Å²) in [5.74, 6) is -0.359. The van der Waals surface area contributed by atoms with Gasteiger partial charge >= 0.3 is 5.97 Å². The maximum absolute atomic E-state index is 11.0. The van der Waals surface area contributed by atoms with Crippen molar-refractivity contribution in [1.29, 1.82) is 0 Å². The standard InChI is InChI=1S/C12H8ClN3O2S/c13-9-4-7(12(17)18)6-16-10(14-15-11(9)16)5-8-2-1-3-19-8/h1-4,6H,5H2,(H,17,18). The Morgan fingerprint density at radius 3 is 3.00 bits per heavy atom. The van der Waals surface area contributed by atoms with Gasteiger partial charge in [-0.2, -0.15) is 0 Å². The van der Waals surface area contributed by atoms with Crippen molar-refractivity contribution < 1.29 is 9.90 Å². The molecule has 0 atom stereocenters. The van der Waals surface area contributed by atoms with Crippen molar-refractivity contribution in [2.45, 2.75) is 6.42 Å². The van der Waals surface area contributed by atoms with Gasteiger partial charge in [0.2, 0.25) is 0 Å². The van der Waals surface area contributed by atoms with Crippen LogP contribution < -0.4 is 0 Å². The van der Waals surface area contributed by atoms with Crippen LogP contribution in [0.15, 0.2) is 29.8 Å². The fraction of sp³-hybridized carbons (Fsp3) is 0.0833. The number of hydrogen-bond acceptors (Lipinski definition) is 4. The molecule has 0 saturated carbocycles. The van der Waals surface area contributed by atoms with Crippen LogP contribution in [-0.4, -0.2) is 25.7 Å². The number of carbonyl (C=O) groups is 1. The first-order valence-corrected chi connectivity index (χ1v) is 6.70. The zero-order valence-corrected chi connectivity index (χ0v) is 11.1. The lowest BCUT2D eigenvalue weighted by molar-refractivity contribution is 0.0696. The minimum absolute atomic E-state index is 0.115. The van der Waals surface area contributed by atoms with E-state index in [1.807, 2.05) is 17.5 Å². The van der Waals surface area contributed by atoms with E-state index in [4.69, 9.17) is 16.7 Å².